The van der Waals surface area contributed by atoms with Gasteiger partial charge in [-0.25, -0.2) is 4.98 Å². The van der Waals surface area contributed by atoms with Crippen LogP contribution in [0.2, 0.25) is 0 Å². The van der Waals surface area contributed by atoms with E-state index in [0.29, 0.717) is 33.7 Å². The summed E-state index contributed by atoms with van der Waals surface area (Å²) in [5.74, 6) is -0.167. The Morgan fingerprint density at radius 2 is 2.19 bits per heavy atom. The summed E-state index contributed by atoms with van der Waals surface area (Å²) < 4.78 is 7.13. The fraction of sp³-hybridized carbons (Fsp3) is 0.350. The minimum atomic E-state index is -0.167. The second kappa shape index (κ2) is 7.62. The standard InChI is InChI=1S/C20H21N3O3S/c1-13-16-19(27-17(13)18(24)21-10-15-8-5-9-26-15)22-12-23(20(16)25)11-14-6-3-2-4-7-14/h2-4,6-7,12,15H,5,8-11H2,1H3,(H,21,24). The van der Waals surface area contributed by atoms with Crippen LogP contribution in [0.5, 0.6) is 0 Å². The lowest BCUT2D eigenvalue weighted by atomic mass is 10.2. The highest BCUT2D eigenvalue weighted by Gasteiger charge is 2.21. The van der Waals surface area contributed by atoms with Crippen LogP contribution in [-0.4, -0.2) is 34.7 Å². The predicted octanol–water partition coefficient (Wildman–Crippen LogP) is 2.72. The highest BCUT2D eigenvalue weighted by molar-refractivity contribution is 7.20. The Hall–Kier alpha value is -2.51. The molecule has 2 aromatic heterocycles. The van der Waals surface area contributed by atoms with Gasteiger partial charge in [0.2, 0.25) is 0 Å². The second-order valence-corrected chi connectivity index (χ2v) is 7.74. The third-order valence-electron chi connectivity index (χ3n) is 4.83. The Bertz CT molecular complexity index is 1020. The van der Waals surface area contributed by atoms with Crippen molar-refractivity contribution < 1.29 is 9.53 Å². The van der Waals surface area contributed by atoms with Crippen molar-refractivity contribution in [2.24, 2.45) is 0 Å². The van der Waals surface area contributed by atoms with Gasteiger partial charge < -0.3 is 10.1 Å². The van der Waals surface area contributed by atoms with Crippen molar-refractivity contribution in [2.45, 2.75) is 32.4 Å². The summed E-state index contributed by atoms with van der Waals surface area (Å²) in [6.07, 6.45) is 3.65. The monoisotopic (exact) mass is 383 g/mol. The van der Waals surface area contributed by atoms with E-state index in [9.17, 15) is 9.59 Å². The normalized spacial score (nSPS) is 16.7. The number of carbonyl (C=O) groups excluding carboxylic acids is 1. The molecule has 3 heterocycles. The molecule has 1 aliphatic heterocycles. The van der Waals surface area contributed by atoms with Crippen molar-refractivity contribution in [3.05, 3.63) is 63.0 Å². The number of aryl methyl sites for hydroxylation is 1. The number of carbonyl (C=O) groups is 1. The second-order valence-electron chi connectivity index (χ2n) is 6.74. The molecule has 1 N–H and O–H groups in total. The number of aromatic nitrogens is 2. The minimum absolute atomic E-state index is 0.0878. The van der Waals surface area contributed by atoms with Crippen LogP contribution in [-0.2, 0) is 11.3 Å². The Morgan fingerprint density at radius 1 is 1.37 bits per heavy atom. The topological polar surface area (TPSA) is 73.2 Å². The largest absolute Gasteiger partial charge is 0.376 e. The molecule has 1 atom stereocenters. The summed E-state index contributed by atoms with van der Waals surface area (Å²) in [5, 5.41) is 3.45. The van der Waals surface area contributed by atoms with Crippen molar-refractivity contribution in [1.82, 2.24) is 14.9 Å². The number of nitrogens with one attached hydrogen (secondary N) is 1. The van der Waals surface area contributed by atoms with Gasteiger partial charge in [0.1, 0.15) is 4.83 Å². The quantitative estimate of drug-likeness (QED) is 0.735. The summed E-state index contributed by atoms with van der Waals surface area (Å²) in [6.45, 7) is 3.53. The van der Waals surface area contributed by atoms with Gasteiger partial charge in [-0.2, -0.15) is 0 Å². The smallest absolute Gasteiger partial charge is 0.262 e. The number of amides is 1. The molecule has 140 valence electrons. The van der Waals surface area contributed by atoms with Crippen LogP contribution in [0.25, 0.3) is 10.2 Å². The van der Waals surface area contributed by atoms with Crippen LogP contribution in [0.4, 0.5) is 0 Å². The van der Waals surface area contributed by atoms with E-state index in [0.717, 1.165) is 25.0 Å². The third kappa shape index (κ3) is 3.65. The van der Waals surface area contributed by atoms with E-state index < -0.39 is 0 Å². The van der Waals surface area contributed by atoms with Crippen LogP contribution in [0.15, 0.2) is 41.5 Å². The Balaban J connectivity index is 1.60. The summed E-state index contributed by atoms with van der Waals surface area (Å²) >= 11 is 1.27. The molecule has 0 radical (unpaired) electrons. The predicted molar refractivity (Wildman–Crippen MR) is 105 cm³/mol. The summed E-state index contributed by atoms with van der Waals surface area (Å²) in [7, 11) is 0. The maximum Gasteiger partial charge on any atom is 0.262 e. The number of thiophene rings is 1. The van der Waals surface area contributed by atoms with E-state index in [1.165, 1.54) is 11.3 Å². The lowest BCUT2D eigenvalue weighted by Crippen LogP contribution is -2.31. The van der Waals surface area contributed by atoms with Crippen molar-refractivity contribution in [3.8, 4) is 0 Å². The van der Waals surface area contributed by atoms with E-state index in [1.807, 2.05) is 37.3 Å². The molecule has 6 nitrogen and oxygen atoms in total. The van der Waals surface area contributed by atoms with Gasteiger partial charge in [-0.1, -0.05) is 30.3 Å². The molecule has 1 aliphatic rings. The fourth-order valence-electron chi connectivity index (χ4n) is 3.36. The van der Waals surface area contributed by atoms with Crippen molar-refractivity contribution in [1.29, 1.82) is 0 Å². The summed E-state index contributed by atoms with van der Waals surface area (Å²) in [4.78, 5) is 31.1. The van der Waals surface area contributed by atoms with Gasteiger partial charge in [0.25, 0.3) is 11.5 Å². The molecule has 0 spiro atoms. The van der Waals surface area contributed by atoms with Crippen LogP contribution in [0.1, 0.15) is 33.6 Å². The molecule has 7 heteroatoms. The minimum Gasteiger partial charge on any atom is -0.376 e. The maximum absolute atomic E-state index is 12.9. The summed E-state index contributed by atoms with van der Waals surface area (Å²) in [5.41, 5.74) is 1.61. The molecule has 0 aliphatic carbocycles. The number of hydrogen-bond acceptors (Lipinski definition) is 5. The number of benzene rings is 1. The molecule has 1 fully saturated rings. The van der Waals surface area contributed by atoms with E-state index >= 15 is 0 Å². The molecule has 4 rings (SSSR count). The molecule has 27 heavy (non-hydrogen) atoms. The first-order valence-electron chi connectivity index (χ1n) is 9.06. The highest BCUT2D eigenvalue weighted by Crippen LogP contribution is 2.27. The van der Waals surface area contributed by atoms with Gasteiger partial charge in [-0.05, 0) is 30.9 Å². The number of ether oxygens (including phenoxy) is 1. The van der Waals surface area contributed by atoms with Crippen LogP contribution < -0.4 is 10.9 Å². The first kappa shape index (κ1) is 17.9. The average molecular weight is 383 g/mol. The molecular weight excluding hydrogens is 362 g/mol. The zero-order valence-corrected chi connectivity index (χ0v) is 15.9. The van der Waals surface area contributed by atoms with Crippen LogP contribution in [0.3, 0.4) is 0 Å². The van der Waals surface area contributed by atoms with E-state index in [2.05, 4.69) is 10.3 Å². The van der Waals surface area contributed by atoms with Gasteiger partial charge in [0.15, 0.2) is 0 Å². The average Bonchev–Trinajstić information content (AvgIpc) is 3.31. The van der Waals surface area contributed by atoms with Crippen molar-refractivity contribution >= 4 is 27.5 Å². The van der Waals surface area contributed by atoms with Gasteiger partial charge in [0, 0.05) is 13.2 Å². The first-order valence-corrected chi connectivity index (χ1v) is 9.87. The van der Waals surface area contributed by atoms with Gasteiger partial charge in [-0.15, -0.1) is 11.3 Å². The van der Waals surface area contributed by atoms with E-state index in [1.54, 1.807) is 10.9 Å². The van der Waals surface area contributed by atoms with Gasteiger partial charge in [0.05, 0.1) is 29.2 Å². The first-order chi connectivity index (χ1) is 13.1. The third-order valence-corrected chi connectivity index (χ3v) is 6.03. The molecule has 1 amide bonds. The fourth-order valence-corrected chi connectivity index (χ4v) is 4.42. The number of rotatable bonds is 5. The Morgan fingerprint density at radius 3 is 2.93 bits per heavy atom. The van der Waals surface area contributed by atoms with Crippen molar-refractivity contribution in [3.63, 3.8) is 0 Å². The number of fused-ring (bicyclic) bond motifs is 1. The Kier molecular flexibility index (Phi) is 5.05. The number of hydrogen-bond donors (Lipinski definition) is 1. The summed E-state index contributed by atoms with van der Waals surface area (Å²) in [6, 6.07) is 9.78. The SMILES string of the molecule is Cc1c(C(=O)NCC2CCCO2)sc2ncn(Cc3ccccc3)c(=O)c12. The van der Waals surface area contributed by atoms with Gasteiger partial charge in [-0.3, -0.25) is 14.2 Å². The van der Waals surface area contributed by atoms with Gasteiger partial charge >= 0.3 is 0 Å². The van der Waals surface area contributed by atoms with Crippen molar-refractivity contribution in [2.75, 3.05) is 13.2 Å². The molecule has 3 aromatic rings. The van der Waals surface area contributed by atoms with E-state index in [4.69, 9.17) is 4.74 Å². The van der Waals surface area contributed by atoms with E-state index in [-0.39, 0.29) is 17.6 Å². The molecule has 1 unspecified atom stereocenters. The molecular formula is C20H21N3O3S. The highest BCUT2D eigenvalue weighted by atomic mass is 32.1. The van der Waals surface area contributed by atoms with Crippen LogP contribution >= 0.6 is 11.3 Å². The molecule has 0 bridgehead atoms. The lowest BCUT2D eigenvalue weighted by Gasteiger charge is -2.10. The molecule has 1 aromatic carbocycles. The zero-order chi connectivity index (χ0) is 18.8. The zero-order valence-electron chi connectivity index (χ0n) is 15.1. The molecule has 1 saturated heterocycles. The lowest BCUT2D eigenvalue weighted by molar-refractivity contribution is 0.0860. The Labute approximate surface area is 160 Å². The molecule has 0 saturated carbocycles. The maximum atomic E-state index is 12.9. The van der Waals surface area contributed by atoms with Crippen LogP contribution in [0, 0.1) is 6.92 Å². The number of nitrogens with zero attached hydrogens (tertiary/aromatic N) is 2.